The van der Waals surface area contributed by atoms with Crippen molar-refractivity contribution in [1.29, 1.82) is 0 Å². The van der Waals surface area contributed by atoms with Crippen LogP contribution < -0.4 is 0 Å². The number of aromatic nitrogens is 3. The Morgan fingerprint density at radius 2 is 2.00 bits per heavy atom. The third-order valence-corrected chi connectivity index (χ3v) is 4.79. The van der Waals surface area contributed by atoms with Crippen LogP contribution in [0.2, 0.25) is 0 Å². The van der Waals surface area contributed by atoms with E-state index in [0.29, 0.717) is 18.3 Å². The number of hydrogen-bond acceptors (Lipinski definition) is 3. The molecule has 3 rings (SSSR count). The first kappa shape index (κ1) is 13.1. The van der Waals surface area contributed by atoms with Crippen LogP contribution in [-0.4, -0.2) is 26.0 Å². The molecule has 0 spiro atoms. The SMILES string of the molecule is CC(C)Cn1ncnc1CC(O)C1C2CCCCC21. The van der Waals surface area contributed by atoms with Gasteiger partial charge in [0.1, 0.15) is 12.2 Å². The summed E-state index contributed by atoms with van der Waals surface area (Å²) in [7, 11) is 0. The predicted octanol–water partition coefficient (Wildman–Crippen LogP) is 2.27. The van der Waals surface area contributed by atoms with Crippen LogP contribution in [0.25, 0.3) is 0 Å². The summed E-state index contributed by atoms with van der Waals surface area (Å²) in [6, 6.07) is 0. The molecule has 0 aromatic carbocycles. The molecule has 2 aliphatic rings. The molecule has 2 fully saturated rings. The van der Waals surface area contributed by atoms with Crippen LogP contribution in [0.15, 0.2) is 6.33 Å². The van der Waals surface area contributed by atoms with Gasteiger partial charge in [-0.25, -0.2) is 9.67 Å². The minimum Gasteiger partial charge on any atom is -0.392 e. The Labute approximate surface area is 115 Å². The summed E-state index contributed by atoms with van der Waals surface area (Å²) >= 11 is 0. The first-order chi connectivity index (χ1) is 9.16. The topological polar surface area (TPSA) is 50.9 Å². The van der Waals surface area contributed by atoms with Gasteiger partial charge in [0.15, 0.2) is 0 Å². The summed E-state index contributed by atoms with van der Waals surface area (Å²) in [5.41, 5.74) is 0. The molecule has 2 saturated carbocycles. The van der Waals surface area contributed by atoms with Crippen molar-refractivity contribution in [3.8, 4) is 0 Å². The number of fused-ring (bicyclic) bond motifs is 1. The molecule has 4 heteroatoms. The van der Waals surface area contributed by atoms with E-state index in [1.165, 1.54) is 25.7 Å². The highest BCUT2D eigenvalue weighted by Crippen LogP contribution is 2.57. The summed E-state index contributed by atoms with van der Waals surface area (Å²) in [5.74, 6) is 3.63. The van der Waals surface area contributed by atoms with Crippen molar-refractivity contribution in [1.82, 2.24) is 14.8 Å². The molecule has 0 aliphatic heterocycles. The molecule has 1 N–H and O–H groups in total. The Kier molecular flexibility index (Phi) is 3.61. The molecule has 0 bridgehead atoms. The van der Waals surface area contributed by atoms with Crippen molar-refractivity contribution >= 4 is 0 Å². The fourth-order valence-corrected chi connectivity index (χ4v) is 3.89. The van der Waals surface area contributed by atoms with Gasteiger partial charge in [0, 0.05) is 13.0 Å². The summed E-state index contributed by atoms with van der Waals surface area (Å²) in [6.45, 7) is 5.24. The summed E-state index contributed by atoms with van der Waals surface area (Å²) in [5, 5.41) is 14.7. The van der Waals surface area contributed by atoms with E-state index in [-0.39, 0.29) is 6.10 Å². The van der Waals surface area contributed by atoms with Crippen molar-refractivity contribution in [3.63, 3.8) is 0 Å². The molecule has 2 aliphatic carbocycles. The lowest BCUT2D eigenvalue weighted by Crippen LogP contribution is -2.20. The van der Waals surface area contributed by atoms with Crippen LogP contribution in [0.3, 0.4) is 0 Å². The second-order valence-electron chi connectivity index (χ2n) is 6.71. The highest BCUT2D eigenvalue weighted by molar-refractivity contribution is 5.04. The molecule has 1 aromatic heterocycles. The van der Waals surface area contributed by atoms with E-state index in [1.807, 2.05) is 4.68 Å². The Morgan fingerprint density at radius 1 is 1.32 bits per heavy atom. The van der Waals surface area contributed by atoms with E-state index in [2.05, 4.69) is 23.9 Å². The summed E-state index contributed by atoms with van der Waals surface area (Å²) in [4.78, 5) is 4.33. The number of aliphatic hydroxyl groups excluding tert-OH is 1. The molecule has 0 radical (unpaired) electrons. The van der Waals surface area contributed by atoms with Gasteiger partial charge in [-0.05, 0) is 36.5 Å². The third kappa shape index (κ3) is 2.69. The van der Waals surface area contributed by atoms with E-state index in [1.54, 1.807) is 6.33 Å². The molecule has 4 nitrogen and oxygen atoms in total. The Hall–Kier alpha value is -0.900. The summed E-state index contributed by atoms with van der Waals surface area (Å²) < 4.78 is 1.96. The van der Waals surface area contributed by atoms with Crippen LogP contribution in [0.4, 0.5) is 0 Å². The van der Waals surface area contributed by atoms with Gasteiger partial charge in [0.05, 0.1) is 6.10 Å². The van der Waals surface area contributed by atoms with Gasteiger partial charge in [-0.3, -0.25) is 0 Å². The zero-order valence-corrected chi connectivity index (χ0v) is 12.0. The first-order valence-electron chi connectivity index (χ1n) is 7.71. The smallest absolute Gasteiger partial charge is 0.138 e. The minimum atomic E-state index is -0.219. The van der Waals surface area contributed by atoms with Gasteiger partial charge >= 0.3 is 0 Å². The van der Waals surface area contributed by atoms with E-state index >= 15 is 0 Å². The average Bonchev–Trinajstić information content (AvgIpc) is 2.97. The van der Waals surface area contributed by atoms with Gasteiger partial charge in [-0.2, -0.15) is 5.10 Å². The van der Waals surface area contributed by atoms with E-state index in [4.69, 9.17) is 0 Å². The summed E-state index contributed by atoms with van der Waals surface area (Å²) in [6.07, 6.45) is 7.43. The van der Waals surface area contributed by atoms with Gasteiger partial charge in [-0.1, -0.05) is 26.7 Å². The largest absolute Gasteiger partial charge is 0.392 e. The minimum absolute atomic E-state index is 0.219. The molecular weight excluding hydrogens is 238 g/mol. The molecule has 0 amide bonds. The Bertz CT molecular complexity index is 417. The molecule has 0 saturated heterocycles. The van der Waals surface area contributed by atoms with Crippen LogP contribution in [0.5, 0.6) is 0 Å². The van der Waals surface area contributed by atoms with Crippen molar-refractivity contribution in [2.24, 2.45) is 23.7 Å². The molecule has 3 unspecified atom stereocenters. The Morgan fingerprint density at radius 3 is 2.63 bits per heavy atom. The quantitative estimate of drug-likeness (QED) is 0.886. The molecule has 3 atom stereocenters. The Balaban J connectivity index is 1.60. The fraction of sp³-hybridized carbons (Fsp3) is 0.867. The maximum atomic E-state index is 10.5. The van der Waals surface area contributed by atoms with Crippen LogP contribution in [-0.2, 0) is 13.0 Å². The van der Waals surface area contributed by atoms with Crippen molar-refractivity contribution in [2.45, 2.75) is 58.6 Å². The standard InChI is InChI=1S/C15H25N3O/c1-10(2)8-18-14(16-9-17-18)7-13(19)15-11-5-3-4-6-12(11)15/h9-13,15,19H,3-8H2,1-2H3. The van der Waals surface area contributed by atoms with Crippen molar-refractivity contribution in [3.05, 3.63) is 12.2 Å². The average molecular weight is 263 g/mol. The van der Waals surface area contributed by atoms with Crippen LogP contribution in [0, 0.1) is 23.7 Å². The second-order valence-corrected chi connectivity index (χ2v) is 6.71. The van der Waals surface area contributed by atoms with Crippen LogP contribution >= 0.6 is 0 Å². The van der Waals surface area contributed by atoms with Gasteiger partial charge < -0.3 is 5.11 Å². The third-order valence-electron chi connectivity index (χ3n) is 4.79. The number of hydrogen-bond donors (Lipinski definition) is 1. The number of rotatable bonds is 5. The maximum absolute atomic E-state index is 10.5. The lowest BCUT2D eigenvalue weighted by atomic mass is 10.0. The molecule has 19 heavy (non-hydrogen) atoms. The normalized spacial score (nSPS) is 31.3. The van der Waals surface area contributed by atoms with E-state index < -0.39 is 0 Å². The lowest BCUT2D eigenvalue weighted by Gasteiger charge is -2.12. The molecule has 1 heterocycles. The van der Waals surface area contributed by atoms with Crippen LogP contribution in [0.1, 0.15) is 45.4 Å². The highest BCUT2D eigenvalue weighted by atomic mass is 16.3. The molecular formula is C15H25N3O. The van der Waals surface area contributed by atoms with Crippen molar-refractivity contribution in [2.75, 3.05) is 0 Å². The van der Waals surface area contributed by atoms with Gasteiger partial charge in [-0.15, -0.1) is 0 Å². The van der Waals surface area contributed by atoms with E-state index in [9.17, 15) is 5.11 Å². The zero-order valence-electron chi connectivity index (χ0n) is 12.0. The lowest BCUT2D eigenvalue weighted by molar-refractivity contribution is 0.136. The fourth-order valence-electron chi connectivity index (χ4n) is 3.89. The maximum Gasteiger partial charge on any atom is 0.138 e. The molecule has 106 valence electrons. The zero-order chi connectivity index (χ0) is 13.4. The second kappa shape index (κ2) is 5.23. The first-order valence-corrected chi connectivity index (χ1v) is 7.71. The number of nitrogens with zero attached hydrogens (tertiary/aromatic N) is 3. The monoisotopic (exact) mass is 263 g/mol. The van der Waals surface area contributed by atoms with Gasteiger partial charge in [0.2, 0.25) is 0 Å². The predicted molar refractivity (Wildman–Crippen MR) is 73.5 cm³/mol. The highest BCUT2D eigenvalue weighted by Gasteiger charge is 2.53. The van der Waals surface area contributed by atoms with Gasteiger partial charge in [0.25, 0.3) is 0 Å². The number of aliphatic hydroxyl groups is 1. The van der Waals surface area contributed by atoms with Crippen molar-refractivity contribution < 1.29 is 5.11 Å². The molecule has 1 aromatic rings. The van der Waals surface area contributed by atoms with E-state index in [0.717, 1.165) is 24.2 Å².